The number of halogens is 3. The molecule has 0 spiro atoms. The van der Waals surface area contributed by atoms with E-state index in [4.69, 9.17) is 4.74 Å². The summed E-state index contributed by atoms with van der Waals surface area (Å²) < 4.78 is 20.4. The second kappa shape index (κ2) is 8.67. The number of hydrogen-bond acceptors (Lipinski definition) is 5. The number of hydrogen-bond donors (Lipinski definition) is 1. The van der Waals surface area contributed by atoms with Gasteiger partial charge in [0.1, 0.15) is 5.82 Å². The zero-order chi connectivity index (χ0) is 20.4. The van der Waals surface area contributed by atoms with Gasteiger partial charge in [-0.25, -0.2) is 4.39 Å². The molecule has 5 nitrogen and oxygen atoms in total. The van der Waals surface area contributed by atoms with Crippen molar-refractivity contribution in [3.8, 4) is 11.5 Å². The van der Waals surface area contributed by atoms with E-state index in [0.29, 0.717) is 21.1 Å². The van der Waals surface area contributed by atoms with Crippen molar-refractivity contribution in [1.82, 2.24) is 4.90 Å². The van der Waals surface area contributed by atoms with Gasteiger partial charge in [-0.15, -0.1) is 0 Å². The molecule has 1 aliphatic rings. The van der Waals surface area contributed by atoms with Gasteiger partial charge < -0.3 is 9.84 Å². The Bertz CT molecular complexity index is 996. The van der Waals surface area contributed by atoms with Gasteiger partial charge in [-0.1, -0.05) is 18.2 Å². The molecule has 0 bridgehead atoms. The van der Waals surface area contributed by atoms with Gasteiger partial charge in [0.2, 0.25) is 0 Å². The summed E-state index contributed by atoms with van der Waals surface area (Å²) in [4.78, 5) is 26.1. The molecule has 3 rings (SSSR count). The number of amides is 2. The van der Waals surface area contributed by atoms with Crippen LogP contribution in [0.25, 0.3) is 6.08 Å². The zero-order valence-electron chi connectivity index (χ0n) is 14.5. The number of carbonyl (C=O) groups excluding carboxylic acids is 2. The van der Waals surface area contributed by atoms with Gasteiger partial charge in [-0.3, -0.25) is 14.5 Å². The third-order valence-corrected chi connectivity index (χ3v) is 6.85. The van der Waals surface area contributed by atoms with Crippen LogP contribution in [0.2, 0.25) is 0 Å². The molecule has 0 atom stereocenters. The predicted octanol–water partition coefficient (Wildman–Crippen LogP) is 5.69. The van der Waals surface area contributed by atoms with Crippen LogP contribution in [0.4, 0.5) is 9.18 Å². The van der Waals surface area contributed by atoms with Gasteiger partial charge in [0.25, 0.3) is 11.1 Å². The number of phenols is 1. The summed E-state index contributed by atoms with van der Waals surface area (Å²) in [5, 5.41) is 9.98. The molecule has 0 unspecified atom stereocenters. The Morgan fingerprint density at radius 3 is 2.68 bits per heavy atom. The lowest BCUT2D eigenvalue weighted by molar-refractivity contribution is -0.123. The highest BCUT2D eigenvalue weighted by Gasteiger charge is 2.36. The number of rotatable bonds is 5. The molecular formula is C19H14Br2FNO4S. The van der Waals surface area contributed by atoms with E-state index in [9.17, 15) is 19.1 Å². The second-order valence-corrected chi connectivity index (χ2v) is 8.37. The fourth-order valence-corrected chi connectivity index (χ4v) is 4.23. The number of benzene rings is 2. The highest BCUT2D eigenvalue weighted by atomic mass is 79.9. The van der Waals surface area contributed by atoms with E-state index in [0.717, 1.165) is 16.7 Å². The zero-order valence-corrected chi connectivity index (χ0v) is 18.5. The van der Waals surface area contributed by atoms with Gasteiger partial charge >= 0.3 is 0 Å². The maximum atomic E-state index is 13.9. The van der Waals surface area contributed by atoms with Gasteiger partial charge in [0.15, 0.2) is 11.5 Å². The van der Waals surface area contributed by atoms with Crippen LogP contribution in [-0.4, -0.2) is 27.8 Å². The van der Waals surface area contributed by atoms with Crippen molar-refractivity contribution in [2.24, 2.45) is 0 Å². The van der Waals surface area contributed by atoms with E-state index in [1.165, 1.54) is 24.3 Å². The molecule has 0 aliphatic carbocycles. The first-order chi connectivity index (χ1) is 13.3. The van der Waals surface area contributed by atoms with Crippen LogP contribution in [0.5, 0.6) is 11.5 Å². The van der Waals surface area contributed by atoms with Crippen LogP contribution >= 0.6 is 43.6 Å². The average molecular weight is 531 g/mol. The minimum Gasteiger partial charge on any atom is -0.504 e. The SMILES string of the molecule is CCOc1cc(Br)c(Br)c(/C=C2\SC(=O)N(Cc3ccccc3F)C2=O)c1O. The van der Waals surface area contributed by atoms with E-state index >= 15 is 0 Å². The maximum Gasteiger partial charge on any atom is 0.293 e. The number of imide groups is 1. The molecule has 2 aromatic rings. The molecule has 1 N–H and O–H groups in total. The monoisotopic (exact) mass is 529 g/mol. The fourth-order valence-electron chi connectivity index (χ4n) is 2.57. The summed E-state index contributed by atoms with van der Waals surface area (Å²) in [7, 11) is 0. The molecule has 0 radical (unpaired) electrons. The Hall–Kier alpha value is -1.84. The number of phenolic OH excluding ortho intramolecular Hbond substituents is 1. The van der Waals surface area contributed by atoms with Gasteiger partial charge in [0.05, 0.1) is 18.1 Å². The Balaban J connectivity index is 1.95. The number of carbonyl (C=O) groups is 2. The smallest absolute Gasteiger partial charge is 0.293 e. The minimum absolute atomic E-state index is 0.123. The van der Waals surface area contributed by atoms with E-state index in [1.54, 1.807) is 19.1 Å². The van der Waals surface area contributed by atoms with Crippen LogP contribution in [0, 0.1) is 5.82 Å². The van der Waals surface area contributed by atoms with Gasteiger partial charge in [-0.05, 0) is 68.8 Å². The number of thioether (sulfide) groups is 1. The van der Waals surface area contributed by atoms with Crippen molar-refractivity contribution < 1.29 is 23.8 Å². The standard InChI is InChI=1S/C19H14Br2FNO4S/c1-2-27-14-8-12(20)16(21)11(17(14)24)7-15-18(25)23(19(26)28-15)9-10-5-3-4-6-13(10)22/h3-8,24H,2,9H2,1H3/b15-7-. The van der Waals surface area contributed by atoms with Crippen LogP contribution in [0.15, 0.2) is 44.2 Å². The van der Waals surface area contributed by atoms with Crippen molar-refractivity contribution in [2.45, 2.75) is 13.5 Å². The number of aromatic hydroxyl groups is 1. The first kappa shape index (κ1) is 20.9. The third kappa shape index (κ3) is 4.11. The number of nitrogens with zero attached hydrogens (tertiary/aromatic N) is 1. The molecule has 146 valence electrons. The normalized spacial score (nSPS) is 15.6. The van der Waals surface area contributed by atoms with Crippen molar-refractivity contribution in [3.05, 3.63) is 61.1 Å². The van der Waals surface area contributed by atoms with Gasteiger partial charge in [0, 0.05) is 20.1 Å². The molecule has 28 heavy (non-hydrogen) atoms. The summed E-state index contributed by atoms with van der Waals surface area (Å²) in [6, 6.07) is 7.57. The first-order valence-corrected chi connectivity index (χ1v) is 10.6. The Morgan fingerprint density at radius 1 is 1.29 bits per heavy atom. The second-order valence-electron chi connectivity index (χ2n) is 5.73. The Kier molecular flexibility index (Phi) is 6.47. The van der Waals surface area contributed by atoms with Crippen LogP contribution in [-0.2, 0) is 11.3 Å². The summed E-state index contributed by atoms with van der Waals surface area (Å²) in [5.74, 6) is -0.950. The predicted molar refractivity (Wildman–Crippen MR) is 113 cm³/mol. The van der Waals surface area contributed by atoms with Crippen LogP contribution < -0.4 is 4.74 Å². The fraction of sp³-hybridized carbons (Fsp3) is 0.158. The molecule has 2 aromatic carbocycles. The molecule has 1 heterocycles. The number of ether oxygens (including phenoxy) is 1. The lowest BCUT2D eigenvalue weighted by atomic mass is 10.1. The molecule has 2 amide bonds. The lowest BCUT2D eigenvalue weighted by Gasteiger charge is -2.13. The largest absolute Gasteiger partial charge is 0.504 e. The summed E-state index contributed by atoms with van der Waals surface area (Å²) in [5.41, 5.74) is 0.547. The van der Waals surface area contributed by atoms with Crippen molar-refractivity contribution in [2.75, 3.05) is 6.61 Å². The van der Waals surface area contributed by atoms with Crippen LogP contribution in [0.1, 0.15) is 18.1 Å². The first-order valence-electron chi connectivity index (χ1n) is 8.16. The van der Waals surface area contributed by atoms with E-state index in [2.05, 4.69) is 31.9 Å². The molecule has 9 heteroatoms. The minimum atomic E-state index is -0.553. The summed E-state index contributed by atoms with van der Waals surface area (Å²) in [6.45, 7) is 1.97. The molecular weight excluding hydrogens is 517 g/mol. The molecule has 1 aliphatic heterocycles. The third-order valence-electron chi connectivity index (χ3n) is 3.93. The van der Waals surface area contributed by atoms with Crippen molar-refractivity contribution in [1.29, 1.82) is 0 Å². The maximum absolute atomic E-state index is 13.9. The van der Waals surface area contributed by atoms with Crippen LogP contribution in [0.3, 0.4) is 0 Å². The van der Waals surface area contributed by atoms with Gasteiger partial charge in [-0.2, -0.15) is 0 Å². The molecule has 1 fully saturated rings. The molecule has 0 aromatic heterocycles. The van der Waals surface area contributed by atoms with E-state index < -0.39 is 17.0 Å². The Morgan fingerprint density at radius 2 is 2.00 bits per heavy atom. The quantitative estimate of drug-likeness (QED) is 0.503. The van der Waals surface area contributed by atoms with E-state index in [1.807, 2.05) is 0 Å². The van der Waals surface area contributed by atoms with Crippen molar-refractivity contribution >= 4 is 60.8 Å². The highest BCUT2D eigenvalue weighted by Crippen LogP contribution is 2.44. The lowest BCUT2D eigenvalue weighted by Crippen LogP contribution is -2.27. The summed E-state index contributed by atoms with van der Waals surface area (Å²) >= 11 is 7.46. The van der Waals surface area contributed by atoms with E-state index in [-0.39, 0.29) is 28.5 Å². The van der Waals surface area contributed by atoms with Crippen molar-refractivity contribution in [3.63, 3.8) is 0 Å². The molecule has 1 saturated heterocycles. The highest BCUT2D eigenvalue weighted by molar-refractivity contribution is 9.13. The molecule has 0 saturated carbocycles. The topological polar surface area (TPSA) is 66.8 Å². The average Bonchev–Trinajstić information content (AvgIpc) is 2.92. The Labute approximate surface area is 181 Å². The summed E-state index contributed by atoms with van der Waals surface area (Å²) in [6.07, 6.45) is 1.42.